The highest BCUT2D eigenvalue weighted by molar-refractivity contribution is 7.45. The van der Waals surface area contributed by atoms with Crippen molar-refractivity contribution in [1.29, 1.82) is 0 Å². The van der Waals surface area contributed by atoms with E-state index in [4.69, 9.17) is 9.05 Å². The zero-order valence-corrected chi connectivity index (χ0v) is 39.1. The fourth-order valence-electron chi connectivity index (χ4n) is 6.54. The van der Waals surface area contributed by atoms with E-state index in [0.29, 0.717) is 23.9 Å². The van der Waals surface area contributed by atoms with Crippen LogP contribution in [0.2, 0.25) is 0 Å². The van der Waals surface area contributed by atoms with Crippen molar-refractivity contribution in [3.63, 3.8) is 0 Å². The number of hydrogen-bond acceptors (Lipinski definition) is 6. The average molecular weight is 835 g/mol. The predicted octanol–water partition coefficient (Wildman–Crippen LogP) is 12.8. The summed E-state index contributed by atoms with van der Waals surface area (Å²) in [6.07, 6.45) is 53.4. The summed E-state index contributed by atoms with van der Waals surface area (Å²) >= 11 is 0. The number of carbonyl (C=O) groups excluding carboxylic acids is 1. The number of phosphoric acid groups is 1. The van der Waals surface area contributed by atoms with Gasteiger partial charge in [0.1, 0.15) is 13.2 Å². The summed E-state index contributed by atoms with van der Waals surface area (Å²) in [5.74, 6) is -0.178. The van der Waals surface area contributed by atoms with Gasteiger partial charge < -0.3 is 28.8 Å². The van der Waals surface area contributed by atoms with E-state index in [1.807, 2.05) is 21.1 Å². The van der Waals surface area contributed by atoms with Crippen LogP contribution in [0.25, 0.3) is 0 Å². The molecule has 3 atom stereocenters. The highest BCUT2D eigenvalue weighted by Crippen LogP contribution is 2.38. The number of hydrogen-bond donors (Lipinski definition) is 2. The van der Waals surface area contributed by atoms with Gasteiger partial charge in [-0.1, -0.05) is 190 Å². The van der Waals surface area contributed by atoms with Crippen molar-refractivity contribution in [3.05, 3.63) is 60.8 Å². The monoisotopic (exact) mass is 835 g/mol. The number of carbonyl (C=O) groups is 1. The van der Waals surface area contributed by atoms with Gasteiger partial charge in [-0.3, -0.25) is 9.36 Å². The minimum Gasteiger partial charge on any atom is -0.756 e. The van der Waals surface area contributed by atoms with Gasteiger partial charge in [0.15, 0.2) is 0 Å². The number of phosphoric ester groups is 1. The van der Waals surface area contributed by atoms with Crippen LogP contribution in [0, 0.1) is 0 Å². The molecule has 0 spiro atoms. The van der Waals surface area contributed by atoms with Gasteiger partial charge in [-0.05, 0) is 57.8 Å². The number of nitrogens with one attached hydrogen (secondary N) is 1. The summed E-state index contributed by atoms with van der Waals surface area (Å²) < 4.78 is 22.9. The van der Waals surface area contributed by atoms with E-state index in [1.54, 1.807) is 0 Å². The quantitative estimate of drug-likeness (QED) is 0.0274. The molecular formula is C49H91N2O6P. The lowest BCUT2D eigenvalue weighted by Gasteiger charge is -2.30. The molecule has 0 radical (unpaired) electrons. The molecule has 0 heterocycles. The molecule has 0 aliphatic rings. The summed E-state index contributed by atoms with van der Waals surface area (Å²) in [5, 5.41) is 13.6. The Balaban J connectivity index is 3.76. The van der Waals surface area contributed by atoms with Gasteiger partial charge in [-0.15, -0.1) is 0 Å². The average Bonchev–Trinajstić information content (AvgIpc) is 3.17. The van der Waals surface area contributed by atoms with Crippen LogP contribution in [0.3, 0.4) is 0 Å². The van der Waals surface area contributed by atoms with Crippen LogP contribution in [-0.4, -0.2) is 68.5 Å². The van der Waals surface area contributed by atoms with Crippen molar-refractivity contribution in [1.82, 2.24) is 5.32 Å². The second kappa shape index (κ2) is 40.6. The van der Waals surface area contributed by atoms with Gasteiger partial charge in [-0.2, -0.15) is 0 Å². The lowest BCUT2D eigenvalue weighted by atomic mass is 10.0. The third-order valence-corrected chi connectivity index (χ3v) is 11.2. The third kappa shape index (κ3) is 42.3. The maximum Gasteiger partial charge on any atom is 0.268 e. The Hall–Kier alpha value is -1.80. The Kier molecular flexibility index (Phi) is 39.3. The molecule has 3 unspecified atom stereocenters. The molecule has 0 saturated carbocycles. The van der Waals surface area contributed by atoms with Crippen molar-refractivity contribution in [2.75, 3.05) is 40.9 Å². The van der Waals surface area contributed by atoms with Gasteiger partial charge in [0.2, 0.25) is 5.91 Å². The van der Waals surface area contributed by atoms with Crippen LogP contribution < -0.4 is 10.2 Å². The van der Waals surface area contributed by atoms with Crippen LogP contribution in [0.1, 0.15) is 194 Å². The molecule has 0 rings (SSSR count). The number of amides is 1. The number of allylic oxidation sites excluding steroid dienone is 10. The van der Waals surface area contributed by atoms with E-state index in [2.05, 4.69) is 79.9 Å². The van der Waals surface area contributed by atoms with Gasteiger partial charge in [0.05, 0.1) is 39.9 Å². The molecule has 0 fully saturated rings. The van der Waals surface area contributed by atoms with Crippen molar-refractivity contribution in [2.24, 2.45) is 0 Å². The Labute approximate surface area is 358 Å². The molecule has 58 heavy (non-hydrogen) atoms. The minimum atomic E-state index is -4.54. The fourth-order valence-corrected chi connectivity index (χ4v) is 7.26. The van der Waals surface area contributed by atoms with E-state index in [0.717, 1.165) is 70.6 Å². The molecule has 0 aliphatic heterocycles. The number of aliphatic hydroxyl groups excluding tert-OH is 1. The molecular weight excluding hydrogens is 744 g/mol. The molecule has 9 heteroatoms. The number of rotatable bonds is 42. The zero-order chi connectivity index (χ0) is 42.8. The van der Waals surface area contributed by atoms with Crippen LogP contribution in [-0.2, 0) is 18.4 Å². The topological polar surface area (TPSA) is 108 Å². The summed E-state index contributed by atoms with van der Waals surface area (Å²) in [4.78, 5) is 25.0. The largest absolute Gasteiger partial charge is 0.756 e. The molecule has 0 aliphatic carbocycles. The molecule has 0 bridgehead atoms. The number of aliphatic hydroxyl groups is 1. The van der Waals surface area contributed by atoms with E-state index >= 15 is 0 Å². The first kappa shape index (κ1) is 56.2. The molecule has 8 nitrogen and oxygen atoms in total. The van der Waals surface area contributed by atoms with Crippen LogP contribution >= 0.6 is 7.82 Å². The molecule has 0 aromatic rings. The Bertz CT molecular complexity index is 1130. The van der Waals surface area contributed by atoms with Crippen LogP contribution in [0.15, 0.2) is 60.8 Å². The SMILES string of the molecule is CC/C=C\C/C=C\C/C=C\C/C=C\C/C=C\CCCCCCCCCCCCCCCCCCCC(=O)NC(COP(=O)([O-])OCC[N+](C)(C)C)C(O)CCCCC. The summed E-state index contributed by atoms with van der Waals surface area (Å²) in [6, 6.07) is -0.796. The summed E-state index contributed by atoms with van der Waals surface area (Å²) in [5.41, 5.74) is 0. The fraction of sp³-hybridized carbons (Fsp3) is 0.776. The highest BCUT2D eigenvalue weighted by atomic mass is 31.2. The maximum absolute atomic E-state index is 12.7. The second-order valence-corrected chi connectivity index (χ2v) is 18.5. The predicted molar refractivity (Wildman–Crippen MR) is 247 cm³/mol. The van der Waals surface area contributed by atoms with E-state index in [-0.39, 0.29) is 19.1 Å². The molecule has 1 amide bonds. The van der Waals surface area contributed by atoms with Crippen molar-refractivity contribution in [3.8, 4) is 0 Å². The maximum atomic E-state index is 12.7. The third-order valence-electron chi connectivity index (χ3n) is 10.3. The Morgan fingerprint density at radius 2 is 1.05 bits per heavy atom. The first-order valence-electron chi connectivity index (χ1n) is 23.6. The molecule has 0 saturated heterocycles. The molecule has 2 N–H and O–H groups in total. The molecule has 0 aromatic heterocycles. The lowest BCUT2D eigenvalue weighted by molar-refractivity contribution is -0.870. The highest BCUT2D eigenvalue weighted by Gasteiger charge is 2.24. The van der Waals surface area contributed by atoms with Crippen molar-refractivity contribution >= 4 is 13.7 Å². The number of nitrogens with zero attached hydrogens (tertiary/aromatic N) is 1. The van der Waals surface area contributed by atoms with Crippen LogP contribution in [0.5, 0.6) is 0 Å². The van der Waals surface area contributed by atoms with Gasteiger partial charge in [0.25, 0.3) is 7.82 Å². The molecule has 338 valence electrons. The zero-order valence-electron chi connectivity index (χ0n) is 38.2. The van der Waals surface area contributed by atoms with Crippen molar-refractivity contribution in [2.45, 2.75) is 206 Å². The summed E-state index contributed by atoms with van der Waals surface area (Å²) in [7, 11) is 1.29. The van der Waals surface area contributed by atoms with E-state index < -0.39 is 20.0 Å². The number of quaternary nitrogens is 1. The number of unbranched alkanes of at least 4 members (excludes halogenated alkanes) is 19. The normalized spacial score (nSPS) is 14.8. The molecule has 0 aromatic carbocycles. The minimum absolute atomic E-state index is 0.00957. The lowest BCUT2D eigenvalue weighted by Crippen LogP contribution is -2.46. The standard InChI is InChI=1S/C49H91N2O6P/c1-6-8-10-11-12-13-14-15-16-17-18-19-20-21-22-23-24-25-26-27-28-29-30-31-32-33-34-35-36-37-38-39-41-43-49(53)50-47(48(52)42-40-9-7-2)46-57-58(54,55)56-45-44-51(3,4)5/h8,10,12-13,15-16,18-19,21-22,47-48,52H,6-7,9,11,14,17,20,23-46H2,1-5H3,(H-,50,53,54,55)/b10-8-,13-12-,16-15-,19-18-,22-21-. The smallest absolute Gasteiger partial charge is 0.268 e. The van der Waals surface area contributed by atoms with Gasteiger partial charge in [0, 0.05) is 6.42 Å². The van der Waals surface area contributed by atoms with Crippen molar-refractivity contribution < 1.29 is 32.9 Å². The van der Waals surface area contributed by atoms with E-state index in [1.165, 1.54) is 96.3 Å². The van der Waals surface area contributed by atoms with Gasteiger partial charge in [-0.25, -0.2) is 0 Å². The second-order valence-electron chi connectivity index (χ2n) is 17.1. The Morgan fingerprint density at radius 3 is 1.50 bits per heavy atom. The first-order chi connectivity index (χ1) is 28.0. The van der Waals surface area contributed by atoms with Gasteiger partial charge >= 0.3 is 0 Å². The van der Waals surface area contributed by atoms with Crippen LogP contribution in [0.4, 0.5) is 0 Å². The summed E-state index contributed by atoms with van der Waals surface area (Å²) in [6.45, 7) is 4.43. The first-order valence-corrected chi connectivity index (χ1v) is 25.1. The van der Waals surface area contributed by atoms with E-state index in [9.17, 15) is 19.4 Å². The number of likely N-dealkylation sites (N-methyl/N-ethyl adjacent to an activating group) is 1. The Morgan fingerprint density at radius 1 is 0.621 bits per heavy atom.